The van der Waals surface area contributed by atoms with Crippen molar-refractivity contribution in [2.45, 2.75) is 12.5 Å². The molecule has 0 amide bonds. The van der Waals surface area contributed by atoms with Crippen LogP contribution < -0.4 is 20.7 Å². The van der Waals surface area contributed by atoms with Gasteiger partial charge in [0, 0.05) is 18.3 Å². The van der Waals surface area contributed by atoms with Crippen molar-refractivity contribution in [1.29, 1.82) is 0 Å². The number of nitro groups is 1. The first-order valence-electron chi connectivity index (χ1n) is 10.5. The van der Waals surface area contributed by atoms with Crippen LogP contribution in [-0.4, -0.2) is 40.9 Å². The van der Waals surface area contributed by atoms with Crippen molar-refractivity contribution in [3.05, 3.63) is 94.5 Å². The number of aliphatic hydroxyl groups excluding tert-OH is 1. The van der Waals surface area contributed by atoms with E-state index in [1.54, 1.807) is 18.2 Å². The lowest BCUT2D eigenvalue weighted by atomic mass is 10.1. The van der Waals surface area contributed by atoms with E-state index in [0.29, 0.717) is 18.8 Å². The van der Waals surface area contributed by atoms with Crippen molar-refractivity contribution in [3.63, 3.8) is 0 Å². The summed E-state index contributed by atoms with van der Waals surface area (Å²) in [5.74, 6) is 0.738. The number of benzene rings is 3. The number of anilines is 2. The summed E-state index contributed by atoms with van der Waals surface area (Å²) in [5, 5.41) is 30.5. The maximum atomic E-state index is 11.1. The second-order valence-electron chi connectivity index (χ2n) is 7.28. The third-order valence-electron chi connectivity index (χ3n) is 4.72. The molecule has 0 aliphatic carbocycles. The van der Waals surface area contributed by atoms with Crippen LogP contribution in [0.2, 0.25) is 0 Å². The number of para-hydroxylation sites is 3. The second kappa shape index (κ2) is 12.5. The Labute approximate surface area is 197 Å². The Bertz CT molecular complexity index is 1050. The molecular weight excluding hydrogens is 440 g/mol. The normalized spacial score (nSPS) is 11.4. The highest BCUT2D eigenvalue weighted by Gasteiger charge is 2.13. The van der Waals surface area contributed by atoms with E-state index in [-0.39, 0.29) is 17.4 Å². The average Bonchev–Trinajstić information content (AvgIpc) is 2.82. The Morgan fingerprint density at radius 1 is 1.00 bits per heavy atom. The topological polar surface area (TPSA) is 109 Å². The summed E-state index contributed by atoms with van der Waals surface area (Å²) in [6.07, 6.45) is 0.205. The van der Waals surface area contributed by atoms with Crippen molar-refractivity contribution < 1.29 is 14.8 Å². The van der Waals surface area contributed by atoms with Crippen molar-refractivity contribution in [2.75, 3.05) is 30.3 Å². The summed E-state index contributed by atoms with van der Waals surface area (Å²) in [5.41, 5.74) is 2.19. The number of hydrogen-bond acceptors (Lipinski definition) is 6. The van der Waals surface area contributed by atoms with Gasteiger partial charge >= 0.3 is 0 Å². The van der Waals surface area contributed by atoms with E-state index in [2.05, 4.69) is 16.0 Å². The van der Waals surface area contributed by atoms with Gasteiger partial charge in [-0.2, -0.15) is 0 Å². The molecule has 0 saturated heterocycles. The molecule has 0 saturated carbocycles. The number of nitrogens with one attached hydrogen (secondary N) is 3. The predicted octanol–water partition coefficient (Wildman–Crippen LogP) is 3.98. The first-order chi connectivity index (χ1) is 16.0. The number of nitro benzene ring substituents is 1. The van der Waals surface area contributed by atoms with Crippen LogP contribution in [0.5, 0.6) is 5.75 Å². The van der Waals surface area contributed by atoms with Gasteiger partial charge in [0.2, 0.25) is 0 Å². The Hall–Kier alpha value is -3.53. The number of thiocarbonyl (C=S) groups is 1. The van der Waals surface area contributed by atoms with Crippen LogP contribution in [0.1, 0.15) is 5.56 Å². The van der Waals surface area contributed by atoms with E-state index in [9.17, 15) is 15.2 Å². The van der Waals surface area contributed by atoms with Crippen LogP contribution in [0, 0.1) is 10.1 Å². The van der Waals surface area contributed by atoms with E-state index in [1.807, 2.05) is 54.6 Å². The van der Waals surface area contributed by atoms with Crippen LogP contribution in [-0.2, 0) is 6.42 Å². The fourth-order valence-electron chi connectivity index (χ4n) is 3.05. The Morgan fingerprint density at radius 3 is 2.42 bits per heavy atom. The smallest absolute Gasteiger partial charge is 0.292 e. The number of hydrogen-bond donors (Lipinski definition) is 4. The van der Waals surface area contributed by atoms with Crippen LogP contribution in [0.4, 0.5) is 17.1 Å². The minimum absolute atomic E-state index is 0.0405. The van der Waals surface area contributed by atoms with Crippen LogP contribution in [0.15, 0.2) is 78.9 Å². The van der Waals surface area contributed by atoms with Crippen molar-refractivity contribution in [1.82, 2.24) is 5.32 Å². The molecule has 0 radical (unpaired) electrons. The molecule has 9 heteroatoms. The number of nitrogens with zero attached hydrogens (tertiary/aromatic N) is 1. The Morgan fingerprint density at radius 2 is 1.70 bits per heavy atom. The maximum absolute atomic E-state index is 11.1. The molecule has 4 N–H and O–H groups in total. The Kier molecular flexibility index (Phi) is 9.13. The monoisotopic (exact) mass is 466 g/mol. The van der Waals surface area contributed by atoms with Crippen molar-refractivity contribution in [3.8, 4) is 5.75 Å². The van der Waals surface area contributed by atoms with Crippen molar-refractivity contribution in [2.24, 2.45) is 0 Å². The molecule has 0 unspecified atom stereocenters. The zero-order valence-electron chi connectivity index (χ0n) is 17.9. The second-order valence-corrected chi connectivity index (χ2v) is 7.69. The molecule has 0 heterocycles. The molecule has 3 aromatic rings. The molecule has 33 heavy (non-hydrogen) atoms. The highest BCUT2D eigenvalue weighted by atomic mass is 32.1. The SMILES string of the molecule is O=[N+]([O-])c1ccccc1NC(=S)Nc1ccc(CCNC[C@H](O)COc2ccccc2)cc1. The van der Waals surface area contributed by atoms with Gasteiger partial charge in [0.05, 0.1) is 4.92 Å². The number of rotatable bonds is 11. The van der Waals surface area contributed by atoms with E-state index in [1.165, 1.54) is 6.07 Å². The minimum atomic E-state index is -0.592. The molecule has 0 spiro atoms. The van der Waals surface area contributed by atoms with Gasteiger partial charge in [0.1, 0.15) is 24.1 Å². The quantitative estimate of drug-likeness (QED) is 0.145. The summed E-state index contributed by atoms with van der Waals surface area (Å²) in [6.45, 7) is 1.39. The fourth-order valence-corrected chi connectivity index (χ4v) is 3.28. The van der Waals surface area contributed by atoms with E-state index < -0.39 is 11.0 Å². The number of aliphatic hydroxyl groups is 1. The summed E-state index contributed by atoms with van der Waals surface area (Å²) >= 11 is 5.27. The van der Waals surface area contributed by atoms with Gasteiger partial charge < -0.3 is 25.8 Å². The van der Waals surface area contributed by atoms with E-state index in [0.717, 1.165) is 23.4 Å². The molecule has 3 aromatic carbocycles. The van der Waals surface area contributed by atoms with Gasteiger partial charge in [-0.15, -0.1) is 0 Å². The minimum Gasteiger partial charge on any atom is -0.491 e. The van der Waals surface area contributed by atoms with Crippen LogP contribution in [0.3, 0.4) is 0 Å². The lowest BCUT2D eigenvalue weighted by Crippen LogP contribution is -2.32. The zero-order valence-corrected chi connectivity index (χ0v) is 18.8. The first-order valence-corrected chi connectivity index (χ1v) is 10.9. The molecule has 8 nitrogen and oxygen atoms in total. The summed E-state index contributed by atoms with van der Waals surface area (Å²) in [6, 6.07) is 23.5. The third-order valence-corrected chi connectivity index (χ3v) is 4.92. The highest BCUT2D eigenvalue weighted by molar-refractivity contribution is 7.80. The average molecular weight is 467 g/mol. The Balaban J connectivity index is 1.37. The standard InChI is InChI=1S/C24H26N4O4S/c29-20(17-32-21-6-2-1-3-7-21)16-25-15-14-18-10-12-19(13-11-18)26-24(33)27-22-8-4-5-9-23(22)28(30)31/h1-13,20,25,29H,14-17H2,(H2,26,27,33)/t20-/m0/s1. The number of ether oxygens (including phenoxy) is 1. The molecule has 0 aromatic heterocycles. The van der Waals surface area contributed by atoms with Gasteiger partial charge in [0.25, 0.3) is 5.69 Å². The van der Waals surface area contributed by atoms with E-state index >= 15 is 0 Å². The largest absolute Gasteiger partial charge is 0.491 e. The molecule has 172 valence electrons. The summed E-state index contributed by atoms with van der Waals surface area (Å²) in [4.78, 5) is 10.7. The third kappa shape index (κ3) is 8.15. The lowest BCUT2D eigenvalue weighted by molar-refractivity contribution is -0.383. The van der Waals surface area contributed by atoms with Crippen molar-refractivity contribution >= 4 is 34.4 Å². The molecule has 0 aliphatic rings. The molecule has 0 fully saturated rings. The van der Waals surface area contributed by atoms with Crippen LogP contribution >= 0.6 is 12.2 Å². The fraction of sp³-hybridized carbons (Fsp3) is 0.208. The maximum Gasteiger partial charge on any atom is 0.292 e. The van der Waals surface area contributed by atoms with Crippen LogP contribution in [0.25, 0.3) is 0 Å². The lowest BCUT2D eigenvalue weighted by Gasteiger charge is -2.13. The molecule has 0 aliphatic heterocycles. The highest BCUT2D eigenvalue weighted by Crippen LogP contribution is 2.23. The van der Waals surface area contributed by atoms with Gasteiger partial charge in [0.15, 0.2) is 5.11 Å². The molecule has 0 bridgehead atoms. The molecule has 1 atom stereocenters. The molecular formula is C24H26N4O4S. The van der Waals surface area contributed by atoms with Gasteiger partial charge in [-0.3, -0.25) is 10.1 Å². The van der Waals surface area contributed by atoms with E-state index in [4.69, 9.17) is 17.0 Å². The predicted molar refractivity (Wildman–Crippen MR) is 134 cm³/mol. The van der Waals surface area contributed by atoms with Gasteiger partial charge in [-0.25, -0.2) is 0 Å². The molecule has 3 rings (SSSR count). The van der Waals surface area contributed by atoms with Gasteiger partial charge in [-0.05, 0) is 61.1 Å². The summed E-state index contributed by atoms with van der Waals surface area (Å²) in [7, 11) is 0. The summed E-state index contributed by atoms with van der Waals surface area (Å²) < 4.78 is 5.54. The first kappa shape index (κ1) is 24.1. The van der Waals surface area contributed by atoms with Gasteiger partial charge in [-0.1, -0.05) is 42.5 Å². The zero-order chi connectivity index (χ0) is 23.5.